The summed E-state index contributed by atoms with van der Waals surface area (Å²) in [5.74, 6) is 1.56. The molecule has 19 heavy (non-hydrogen) atoms. The molecule has 1 N–H and O–H groups in total. The lowest BCUT2D eigenvalue weighted by molar-refractivity contribution is 0.395. The molecule has 0 aromatic carbocycles. The van der Waals surface area contributed by atoms with Gasteiger partial charge in [-0.05, 0) is 32.2 Å². The standard InChI is InChI=1S/C14H22N4O/c1-19-13-8-16-14(17-9-13)18(12-5-6-12)10-11-4-2-3-7-15-11/h8-9,11-12,15H,2-7,10H2,1H3. The molecule has 1 atom stereocenters. The van der Waals surface area contributed by atoms with Crippen LogP contribution in [-0.4, -0.2) is 42.3 Å². The predicted molar refractivity (Wildman–Crippen MR) is 74.6 cm³/mol. The van der Waals surface area contributed by atoms with E-state index >= 15 is 0 Å². The molecule has 0 amide bonds. The molecule has 1 aliphatic heterocycles. The number of methoxy groups -OCH3 is 1. The van der Waals surface area contributed by atoms with Crippen LogP contribution in [0.3, 0.4) is 0 Å². The number of nitrogens with zero attached hydrogens (tertiary/aromatic N) is 3. The van der Waals surface area contributed by atoms with Gasteiger partial charge in [0.05, 0.1) is 19.5 Å². The number of hydrogen-bond donors (Lipinski definition) is 1. The van der Waals surface area contributed by atoms with Gasteiger partial charge >= 0.3 is 0 Å². The molecule has 2 aliphatic rings. The molecule has 0 bridgehead atoms. The second kappa shape index (κ2) is 5.74. The summed E-state index contributed by atoms with van der Waals surface area (Å²) >= 11 is 0. The van der Waals surface area contributed by atoms with E-state index in [1.807, 2.05) is 0 Å². The number of piperidine rings is 1. The summed E-state index contributed by atoms with van der Waals surface area (Å²) < 4.78 is 5.12. The smallest absolute Gasteiger partial charge is 0.225 e. The van der Waals surface area contributed by atoms with Gasteiger partial charge in [0.2, 0.25) is 5.95 Å². The largest absolute Gasteiger partial charge is 0.494 e. The van der Waals surface area contributed by atoms with Crippen molar-refractivity contribution >= 4 is 5.95 Å². The Balaban J connectivity index is 1.68. The van der Waals surface area contributed by atoms with Gasteiger partial charge in [0.1, 0.15) is 0 Å². The van der Waals surface area contributed by atoms with E-state index in [0.29, 0.717) is 12.1 Å². The summed E-state index contributed by atoms with van der Waals surface area (Å²) in [6.45, 7) is 2.17. The first-order chi connectivity index (χ1) is 9.36. The SMILES string of the molecule is COc1cnc(N(CC2CCCCN2)C2CC2)nc1. The Morgan fingerprint density at radius 3 is 2.63 bits per heavy atom. The quantitative estimate of drug-likeness (QED) is 0.873. The van der Waals surface area contributed by atoms with Crippen LogP contribution in [0.1, 0.15) is 32.1 Å². The van der Waals surface area contributed by atoms with Crippen LogP contribution in [0.2, 0.25) is 0 Å². The molecule has 2 fully saturated rings. The van der Waals surface area contributed by atoms with Gasteiger partial charge in [0.25, 0.3) is 0 Å². The van der Waals surface area contributed by atoms with E-state index in [9.17, 15) is 0 Å². The monoisotopic (exact) mass is 262 g/mol. The fraction of sp³-hybridized carbons (Fsp3) is 0.714. The van der Waals surface area contributed by atoms with Gasteiger partial charge in [-0.15, -0.1) is 0 Å². The van der Waals surface area contributed by atoms with Crippen LogP contribution in [-0.2, 0) is 0 Å². The Kier molecular flexibility index (Phi) is 3.82. The van der Waals surface area contributed by atoms with Crippen molar-refractivity contribution in [3.63, 3.8) is 0 Å². The van der Waals surface area contributed by atoms with Gasteiger partial charge in [-0.3, -0.25) is 0 Å². The molecule has 104 valence electrons. The average Bonchev–Trinajstić information content (AvgIpc) is 3.31. The molecule has 1 unspecified atom stereocenters. The lowest BCUT2D eigenvalue weighted by Gasteiger charge is -2.30. The zero-order chi connectivity index (χ0) is 13.1. The number of aromatic nitrogens is 2. The molecule has 5 nitrogen and oxygen atoms in total. The highest BCUT2D eigenvalue weighted by molar-refractivity contribution is 5.35. The molecule has 5 heteroatoms. The molecule has 2 heterocycles. The van der Waals surface area contributed by atoms with E-state index in [2.05, 4.69) is 20.2 Å². The zero-order valence-electron chi connectivity index (χ0n) is 11.5. The molecule has 0 spiro atoms. The van der Waals surface area contributed by atoms with Crippen LogP contribution in [0.15, 0.2) is 12.4 Å². The molecule has 0 radical (unpaired) electrons. The van der Waals surface area contributed by atoms with E-state index in [4.69, 9.17) is 4.74 Å². The lowest BCUT2D eigenvalue weighted by Crippen LogP contribution is -2.45. The van der Waals surface area contributed by atoms with Crippen LogP contribution in [0, 0.1) is 0 Å². The van der Waals surface area contributed by atoms with E-state index in [1.54, 1.807) is 19.5 Å². The third-order valence-electron chi connectivity index (χ3n) is 3.92. The van der Waals surface area contributed by atoms with Crippen molar-refractivity contribution in [3.8, 4) is 5.75 Å². The summed E-state index contributed by atoms with van der Waals surface area (Å²) in [6.07, 6.45) is 9.94. The van der Waals surface area contributed by atoms with Crippen molar-refractivity contribution in [2.45, 2.75) is 44.2 Å². The molecular formula is C14H22N4O. The third kappa shape index (κ3) is 3.15. The summed E-state index contributed by atoms with van der Waals surface area (Å²) in [6, 6.07) is 1.22. The molecule has 1 saturated heterocycles. The van der Waals surface area contributed by atoms with Crippen molar-refractivity contribution in [2.24, 2.45) is 0 Å². The van der Waals surface area contributed by atoms with Crippen molar-refractivity contribution in [1.82, 2.24) is 15.3 Å². The average molecular weight is 262 g/mol. The number of nitrogens with one attached hydrogen (secondary N) is 1. The fourth-order valence-corrected chi connectivity index (χ4v) is 2.66. The summed E-state index contributed by atoms with van der Waals surface area (Å²) in [5.41, 5.74) is 0. The molecule has 1 saturated carbocycles. The maximum Gasteiger partial charge on any atom is 0.225 e. The molecule has 1 aromatic heterocycles. The summed E-state index contributed by atoms with van der Waals surface area (Å²) in [5, 5.41) is 3.60. The van der Waals surface area contributed by atoms with Crippen LogP contribution in [0.5, 0.6) is 5.75 Å². The fourth-order valence-electron chi connectivity index (χ4n) is 2.66. The maximum atomic E-state index is 5.12. The third-order valence-corrected chi connectivity index (χ3v) is 3.92. The number of hydrogen-bond acceptors (Lipinski definition) is 5. The minimum Gasteiger partial charge on any atom is -0.494 e. The highest BCUT2D eigenvalue weighted by atomic mass is 16.5. The predicted octanol–water partition coefficient (Wildman–Crippen LogP) is 1.60. The zero-order valence-corrected chi connectivity index (χ0v) is 11.5. The van der Waals surface area contributed by atoms with E-state index in [1.165, 1.54) is 32.1 Å². The van der Waals surface area contributed by atoms with Crippen LogP contribution in [0.25, 0.3) is 0 Å². The van der Waals surface area contributed by atoms with Gasteiger partial charge in [-0.25, -0.2) is 9.97 Å². The minimum atomic E-state index is 0.583. The Hall–Kier alpha value is -1.36. The van der Waals surface area contributed by atoms with Crippen molar-refractivity contribution in [1.29, 1.82) is 0 Å². The molecule has 3 rings (SSSR count). The number of ether oxygens (including phenoxy) is 1. The van der Waals surface area contributed by atoms with Crippen molar-refractivity contribution < 1.29 is 4.74 Å². The normalized spacial score (nSPS) is 23.1. The summed E-state index contributed by atoms with van der Waals surface area (Å²) in [4.78, 5) is 11.2. The Labute approximate surface area is 114 Å². The van der Waals surface area contributed by atoms with Crippen LogP contribution >= 0.6 is 0 Å². The minimum absolute atomic E-state index is 0.583. The highest BCUT2D eigenvalue weighted by Gasteiger charge is 2.32. The maximum absolute atomic E-state index is 5.12. The number of anilines is 1. The van der Waals surface area contributed by atoms with Gasteiger partial charge < -0.3 is 15.0 Å². The van der Waals surface area contributed by atoms with Crippen LogP contribution < -0.4 is 15.0 Å². The highest BCUT2D eigenvalue weighted by Crippen LogP contribution is 2.30. The summed E-state index contributed by atoms with van der Waals surface area (Å²) in [7, 11) is 1.64. The Morgan fingerprint density at radius 1 is 1.26 bits per heavy atom. The first-order valence-corrected chi connectivity index (χ1v) is 7.23. The Bertz CT molecular complexity index is 398. The van der Waals surface area contributed by atoms with Crippen molar-refractivity contribution in [3.05, 3.63) is 12.4 Å². The topological polar surface area (TPSA) is 50.3 Å². The lowest BCUT2D eigenvalue weighted by atomic mass is 10.0. The van der Waals surface area contributed by atoms with Gasteiger partial charge in [0.15, 0.2) is 5.75 Å². The second-order valence-electron chi connectivity index (χ2n) is 5.45. The van der Waals surface area contributed by atoms with Crippen molar-refractivity contribution in [2.75, 3.05) is 25.1 Å². The molecule has 1 aromatic rings. The van der Waals surface area contributed by atoms with E-state index in [0.717, 1.165) is 24.8 Å². The van der Waals surface area contributed by atoms with E-state index < -0.39 is 0 Å². The van der Waals surface area contributed by atoms with Gasteiger partial charge in [-0.2, -0.15) is 0 Å². The first-order valence-electron chi connectivity index (χ1n) is 7.23. The van der Waals surface area contributed by atoms with Gasteiger partial charge in [-0.1, -0.05) is 6.42 Å². The Morgan fingerprint density at radius 2 is 2.05 bits per heavy atom. The molecule has 1 aliphatic carbocycles. The van der Waals surface area contributed by atoms with Crippen LogP contribution in [0.4, 0.5) is 5.95 Å². The van der Waals surface area contributed by atoms with Gasteiger partial charge in [0, 0.05) is 18.6 Å². The first kappa shape index (κ1) is 12.7. The second-order valence-corrected chi connectivity index (χ2v) is 5.45. The number of rotatable bonds is 5. The van der Waals surface area contributed by atoms with E-state index in [-0.39, 0.29) is 0 Å². The molecular weight excluding hydrogens is 240 g/mol.